The van der Waals surface area contributed by atoms with Gasteiger partial charge in [-0.2, -0.15) is 0 Å². The van der Waals surface area contributed by atoms with E-state index in [9.17, 15) is 0 Å². The summed E-state index contributed by atoms with van der Waals surface area (Å²) in [7, 11) is -1.20. The first-order chi connectivity index (χ1) is 4.12. The zero-order chi connectivity index (χ0) is 7.33. The molecule has 0 saturated heterocycles. The van der Waals surface area contributed by atoms with Gasteiger partial charge in [-0.15, -0.1) is 0 Å². The number of unbranched alkanes of at least 4 members (excludes halogenated alkanes) is 1. The van der Waals surface area contributed by atoms with Crippen LogP contribution in [0.3, 0.4) is 0 Å². The minimum absolute atomic E-state index is 1.20. The van der Waals surface area contributed by atoms with E-state index in [0.29, 0.717) is 0 Å². The van der Waals surface area contributed by atoms with Crippen LogP contribution < -0.4 is 0 Å². The minimum atomic E-state index is -1.20. The molecule has 0 atom stereocenters. The third-order valence-electron chi connectivity index (χ3n) is 1.41. The Bertz CT molecular complexity index is 75.5. The molecule has 0 N–H and O–H groups in total. The molecule has 3 heteroatoms. The van der Waals surface area contributed by atoms with E-state index in [1.165, 1.54) is 18.9 Å². The maximum absolute atomic E-state index is 5.38. The summed E-state index contributed by atoms with van der Waals surface area (Å²) < 4.78 is 5.38. The van der Waals surface area contributed by atoms with Crippen LogP contribution in [0.1, 0.15) is 19.8 Å². The van der Waals surface area contributed by atoms with Gasteiger partial charge >= 0.3 is 67.5 Å². The van der Waals surface area contributed by atoms with Crippen LogP contribution in [0.5, 0.6) is 0 Å². The third-order valence-corrected chi connectivity index (χ3v) is 7.00. The van der Waals surface area contributed by atoms with Crippen molar-refractivity contribution >= 4 is 25.2 Å². The molecule has 0 saturated carbocycles. The molecular formula is C6H15GeOSi. The van der Waals surface area contributed by atoms with Gasteiger partial charge in [0.05, 0.1) is 0 Å². The van der Waals surface area contributed by atoms with Gasteiger partial charge in [-0.3, -0.25) is 0 Å². The van der Waals surface area contributed by atoms with Crippen LogP contribution in [0.2, 0.25) is 19.1 Å². The second kappa shape index (κ2) is 4.52. The van der Waals surface area contributed by atoms with E-state index in [2.05, 4.69) is 20.0 Å². The maximum atomic E-state index is 5.38. The van der Waals surface area contributed by atoms with Crippen LogP contribution in [0, 0.1) is 0 Å². The number of rotatable bonds is 4. The van der Waals surface area contributed by atoms with Crippen molar-refractivity contribution in [2.75, 3.05) is 0 Å². The number of hydrogen-bond donors (Lipinski definition) is 0. The molecule has 9 heavy (non-hydrogen) atoms. The Morgan fingerprint density at radius 3 is 2.33 bits per heavy atom. The molecule has 0 unspecified atom stereocenters. The summed E-state index contributed by atoms with van der Waals surface area (Å²) in [5.74, 6) is 0. The second-order valence-corrected chi connectivity index (χ2v) is 8.47. The molecular weight excluding hydrogens is 189 g/mol. The first-order valence-electron chi connectivity index (χ1n) is 3.47. The molecule has 0 heterocycles. The fourth-order valence-corrected chi connectivity index (χ4v) is 2.60. The molecule has 0 spiro atoms. The molecule has 0 rings (SSSR count). The molecule has 0 aliphatic carbocycles. The monoisotopic (exact) mass is 205 g/mol. The van der Waals surface area contributed by atoms with Gasteiger partial charge in [0.15, 0.2) is 0 Å². The first-order valence-corrected chi connectivity index (χ1v) is 7.44. The number of hydrogen-bond acceptors (Lipinski definition) is 1. The van der Waals surface area contributed by atoms with Crippen molar-refractivity contribution in [2.24, 2.45) is 0 Å². The molecule has 0 bridgehead atoms. The molecule has 0 amide bonds. The van der Waals surface area contributed by atoms with Crippen LogP contribution in [0.4, 0.5) is 0 Å². The summed E-state index contributed by atoms with van der Waals surface area (Å²) in [5, 5.41) is 0. The topological polar surface area (TPSA) is 9.23 Å². The first kappa shape index (κ1) is 9.72. The van der Waals surface area contributed by atoms with Crippen LogP contribution in [-0.2, 0) is 3.45 Å². The zero-order valence-corrected chi connectivity index (χ0v) is 9.63. The van der Waals surface area contributed by atoms with Gasteiger partial charge in [0, 0.05) is 0 Å². The molecule has 0 aromatic carbocycles. The Hall–Kier alpha value is 0.720. The van der Waals surface area contributed by atoms with Gasteiger partial charge in [-0.1, -0.05) is 0 Å². The zero-order valence-electron chi connectivity index (χ0n) is 6.53. The molecule has 1 nitrogen and oxygen atoms in total. The Morgan fingerprint density at radius 1 is 1.44 bits per heavy atom. The van der Waals surface area contributed by atoms with E-state index in [4.69, 9.17) is 3.45 Å². The van der Waals surface area contributed by atoms with Crippen molar-refractivity contribution in [3.63, 3.8) is 0 Å². The van der Waals surface area contributed by atoms with Crippen LogP contribution in [0.15, 0.2) is 0 Å². The van der Waals surface area contributed by atoms with Crippen molar-refractivity contribution in [1.82, 2.24) is 0 Å². The predicted octanol–water partition coefficient (Wildman–Crippen LogP) is 2.09. The van der Waals surface area contributed by atoms with Gasteiger partial charge in [0.1, 0.15) is 0 Å². The summed E-state index contributed by atoms with van der Waals surface area (Å²) in [5.41, 5.74) is 0. The van der Waals surface area contributed by atoms with Crippen LogP contribution in [-0.4, -0.2) is 25.2 Å². The van der Waals surface area contributed by atoms with Crippen molar-refractivity contribution in [1.29, 1.82) is 0 Å². The van der Waals surface area contributed by atoms with Crippen LogP contribution in [0.25, 0.3) is 0 Å². The van der Waals surface area contributed by atoms with Crippen molar-refractivity contribution in [2.45, 2.75) is 38.9 Å². The van der Waals surface area contributed by atoms with Crippen LogP contribution >= 0.6 is 0 Å². The molecule has 0 aromatic heterocycles. The second-order valence-electron chi connectivity index (χ2n) is 2.97. The van der Waals surface area contributed by atoms with Crippen molar-refractivity contribution in [3.05, 3.63) is 0 Å². The fraction of sp³-hybridized carbons (Fsp3) is 1.00. The summed E-state index contributed by atoms with van der Waals surface area (Å²) in [6.07, 6.45) is 2.62. The summed E-state index contributed by atoms with van der Waals surface area (Å²) >= 11 is 1.84. The standard InChI is InChI=1S/C6H15GeOSi/c1-4-5-6-9(2,3)8-7/h4-6H2,1-3H3. The van der Waals surface area contributed by atoms with Gasteiger partial charge < -0.3 is 0 Å². The third kappa shape index (κ3) is 5.18. The van der Waals surface area contributed by atoms with E-state index in [0.717, 1.165) is 0 Å². The molecule has 0 aliphatic heterocycles. The van der Waals surface area contributed by atoms with Gasteiger partial charge in [-0.25, -0.2) is 0 Å². The van der Waals surface area contributed by atoms with Crippen molar-refractivity contribution in [3.8, 4) is 0 Å². The summed E-state index contributed by atoms with van der Waals surface area (Å²) in [4.78, 5) is 0. The molecule has 0 aromatic rings. The molecule has 0 aliphatic rings. The SMILES string of the molecule is CCCC[Si](C)(C)[O][Ge]. The summed E-state index contributed by atoms with van der Waals surface area (Å²) in [6.45, 7) is 6.76. The quantitative estimate of drug-likeness (QED) is 0.637. The van der Waals surface area contributed by atoms with Gasteiger partial charge in [0.2, 0.25) is 0 Å². The average molecular weight is 204 g/mol. The summed E-state index contributed by atoms with van der Waals surface area (Å²) in [6, 6.07) is 1.31. The Kier molecular flexibility index (Phi) is 4.88. The Morgan fingerprint density at radius 2 is 2.00 bits per heavy atom. The Balaban J connectivity index is 3.33. The fourth-order valence-electron chi connectivity index (χ4n) is 0.654. The van der Waals surface area contributed by atoms with Gasteiger partial charge in [-0.05, 0) is 0 Å². The molecule has 3 radical (unpaired) electrons. The Labute approximate surface area is 67.9 Å². The van der Waals surface area contributed by atoms with Crippen molar-refractivity contribution < 1.29 is 3.45 Å². The molecule has 0 fully saturated rings. The molecule has 53 valence electrons. The van der Waals surface area contributed by atoms with Gasteiger partial charge in [0.25, 0.3) is 0 Å². The normalized spacial score (nSPS) is 12.0. The van der Waals surface area contributed by atoms with E-state index in [1.54, 1.807) is 0 Å². The van der Waals surface area contributed by atoms with E-state index in [1.807, 2.05) is 16.9 Å². The van der Waals surface area contributed by atoms with E-state index in [-0.39, 0.29) is 0 Å². The van der Waals surface area contributed by atoms with E-state index < -0.39 is 8.32 Å². The predicted molar refractivity (Wildman–Crippen MR) is 44.0 cm³/mol. The average Bonchev–Trinajstić information content (AvgIpc) is 1.84. The van der Waals surface area contributed by atoms with E-state index >= 15 is 0 Å².